The van der Waals surface area contributed by atoms with Crippen molar-refractivity contribution in [3.8, 4) is 22.9 Å². The fraction of sp³-hybridized carbons (Fsp3) is 0.273. The molecule has 168 valence electrons. The van der Waals surface area contributed by atoms with Gasteiger partial charge in [0.2, 0.25) is 10.0 Å². The highest BCUT2D eigenvalue weighted by atomic mass is 32.2. The monoisotopic (exact) mass is 456 g/mol. The number of hydrogen-bond acceptors (Lipinski definition) is 6. The van der Waals surface area contributed by atoms with Gasteiger partial charge in [-0.25, -0.2) is 18.9 Å². The Morgan fingerprint density at radius 1 is 1.06 bits per heavy atom. The number of rotatable bonds is 6. The minimum Gasteiger partial charge on any atom is -0.457 e. The lowest BCUT2D eigenvalue weighted by atomic mass is 10.1. The van der Waals surface area contributed by atoms with E-state index in [9.17, 15) is 13.2 Å². The molecule has 1 atom stereocenters. The molecule has 2 heterocycles. The fourth-order valence-electron chi connectivity index (χ4n) is 3.76. The topological polar surface area (TPSA) is 125 Å². The number of nitrogens with zero attached hydrogens (tertiary/aromatic N) is 2. The van der Waals surface area contributed by atoms with E-state index in [1.165, 1.54) is 16.4 Å². The van der Waals surface area contributed by atoms with Crippen LogP contribution in [0.1, 0.15) is 25.7 Å². The van der Waals surface area contributed by atoms with E-state index in [0.717, 1.165) is 24.2 Å². The molecule has 32 heavy (non-hydrogen) atoms. The molecule has 1 aromatic heterocycles. The summed E-state index contributed by atoms with van der Waals surface area (Å²) in [5.41, 5.74) is 2.51. The van der Waals surface area contributed by atoms with E-state index < -0.39 is 22.0 Å². The van der Waals surface area contributed by atoms with Gasteiger partial charge < -0.3 is 9.72 Å². The highest BCUT2D eigenvalue weighted by Gasteiger charge is 2.36. The number of ether oxygens (including phenoxy) is 1. The lowest BCUT2D eigenvalue weighted by Gasteiger charge is -2.27. The van der Waals surface area contributed by atoms with Crippen LogP contribution in [0.5, 0.6) is 11.5 Å². The first-order chi connectivity index (χ1) is 15.5. The molecular weight excluding hydrogens is 432 g/mol. The van der Waals surface area contributed by atoms with Gasteiger partial charge in [-0.3, -0.25) is 10.0 Å². The fourth-order valence-corrected chi connectivity index (χ4v) is 5.42. The summed E-state index contributed by atoms with van der Waals surface area (Å²) in [5, 5.41) is 9.04. The third-order valence-electron chi connectivity index (χ3n) is 5.41. The predicted octanol–water partition coefficient (Wildman–Crippen LogP) is 3.31. The molecule has 0 unspecified atom stereocenters. The van der Waals surface area contributed by atoms with Crippen molar-refractivity contribution in [3.63, 3.8) is 0 Å². The van der Waals surface area contributed by atoms with Gasteiger partial charge in [0.1, 0.15) is 23.4 Å². The van der Waals surface area contributed by atoms with Crippen molar-refractivity contribution >= 4 is 15.9 Å². The average Bonchev–Trinajstić information content (AvgIpc) is 3.23. The summed E-state index contributed by atoms with van der Waals surface area (Å²) in [5.74, 6) is 1.12. The smallest absolute Gasteiger partial charge is 0.261 e. The van der Waals surface area contributed by atoms with E-state index in [1.807, 2.05) is 12.1 Å². The molecule has 0 spiro atoms. The molecule has 0 aliphatic carbocycles. The highest BCUT2D eigenvalue weighted by molar-refractivity contribution is 7.89. The van der Waals surface area contributed by atoms with Crippen LogP contribution in [-0.4, -0.2) is 46.4 Å². The number of carbonyl (C=O) groups is 1. The second-order valence-corrected chi connectivity index (χ2v) is 9.38. The number of carbonyl (C=O) groups excluding carboxylic acids is 1. The summed E-state index contributed by atoms with van der Waals surface area (Å²) in [6.45, 7) is 0.223. The molecule has 3 N–H and O–H groups in total. The van der Waals surface area contributed by atoms with Crippen LogP contribution in [0.2, 0.25) is 0 Å². The quantitative estimate of drug-likeness (QED) is 0.386. The van der Waals surface area contributed by atoms with Crippen LogP contribution in [0, 0.1) is 0 Å². The number of benzene rings is 2. The first-order valence-corrected chi connectivity index (χ1v) is 11.8. The van der Waals surface area contributed by atoms with Crippen LogP contribution in [0.25, 0.3) is 11.4 Å². The number of aromatic nitrogens is 2. The number of hydrogen-bond donors (Lipinski definition) is 3. The van der Waals surface area contributed by atoms with Crippen molar-refractivity contribution in [3.05, 3.63) is 60.9 Å². The van der Waals surface area contributed by atoms with E-state index in [4.69, 9.17) is 9.94 Å². The molecule has 0 saturated carbocycles. The second-order valence-electron chi connectivity index (χ2n) is 7.49. The van der Waals surface area contributed by atoms with Crippen molar-refractivity contribution in [1.29, 1.82) is 0 Å². The number of aromatic amines is 1. The zero-order valence-corrected chi connectivity index (χ0v) is 18.1. The second kappa shape index (κ2) is 9.51. The van der Waals surface area contributed by atoms with Crippen molar-refractivity contribution in [1.82, 2.24) is 19.8 Å². The van der Waals surface area contributed by atoms with E-state index in [2.05, 4.69) is 9.97 Å². The van der Waals surface area contributed by atoms with E-state index in [-0.39, 0.29) is 11.4 Å². The molecule has 1 aliphatic rings. The number of H-pyrrole nitrogens is 1. The summed E-state index contributed by atoms with van der Waals surface area (Å²) in [6, 6.07) is 12.5. The Labute approximate surface area is 186 Å². The van der Waals surface area contributed by atoms with Gasteiger partial charge in [0, 0.05) is 24.5 Å². The molecule has 1 aliphatic heterocycles. The third-order valence-corrected chi connectivity index (χ3v) is 7.33. The molecule has 2 aromatic carbocycles. The van der Waals surface area contributed by atoms with Crippen LogP contribution in [0.4, 0.5) is 0 Å². The van der Waals surface area contributed by atoms with Gasteiger partial charge in [-0.1, -0.05) is 12.8 Å². The maximum Gasteiger partial charge on any atom is 0.261 e. The minimum atomic E-state index is -3.91. The SMILES string of the molecule is O=C(NO)[C@H]1CCCCCN1S(=O)(=O)c1ccc(Oc2ccc(-c3ncc[nH]3)cc2)cc1. The molecule has 9 nitrogen and oxygen atoms in total. The first kappa shape index (κ1) is 22.0. The maximum absolute atomic E-state index is 13.2. The van der Waals surface area contributed by atoms with Crippen LogP contribution in [0.15, 0.2) is 65.8 Å². The van der Waals surface area contributed by atoms with Crippen LogP contribution >= 0.6 is 0 Å². The summed E-state index contributed by atoms with van der Waals surface area (Å²) in [7, 11) is -3.91. The Morgan fingerprint density at radius 3 is 2.38 bits per heavy atom. The van der Waals surface area contributed by atoms with Crippen molar-refractivity contribution in [2.24, 2.45) is 0 Å². The normalized spacial score (nSPS) is 17.5. The zero-order chi connectivity index (χ0) is 22.6. The molecule has 0 radical (unpaired) electrons. The third kappa shape index (κ3) is 4.67. The predicted molar refractivity (Wildman–Crippen MR) is 117 cm³/mol. The standard InChI is InChI=1S/C22H24N4O5S/c27-22(25-28)20-4-2-1-3-15-26(20)32(29,30)19-11-9-18(10-12-19)31-17-7-5-16(6-8-17)21-23-13-14-24-21/h5-14,20,28H,1-4,15H2,(H,23,24)(H,25,27)/t20-/m1/s1. The Morgan fingerprint density at radius 2 is 1.75 bits per heavy atom. The summed E-state index contributed by atoms with van der Waals surface area (Å²) < 4.78 is 33.4. The zero-order valence-electron chi connectivity index (χ0n) is 17.3. The Balaban J connectivity index is 1.50. The number of hydroxylamine groups is 1. The summed E-state index contributed by atoms with van der Waals surface area (Å²) in [6.07, 6.45) is 5.99. The number of sulfonamides is 1. The number of imidazole rings is 1. The van der Waals surface area contributed by atoms with Gasteiger partial charge >= 0.3 is 0 Å². The van der Waals surface area contributed by atoms with Gasteiger partial charge in [-0.2, -0.15) is 4.31 Å². The van der Waals surface area contributed by atoms with E-state index in [1.54, 1.807) is 42.1 Å². The summed E-state index contributed by atoms with van der Waals surface area (Å²) in [4.78, 5) is 19.4. The highest BCUT2D eigenvalue weighted by Crippen LogP contribution is 2.28. The molecule has 10 heteroatoms. The van der Waals surface area contributed by atoms with Crippen molar-refractivity contribution in [2.75, 3.05) is 6.54 Å². The Hall–Kier alpha value is -3.21. The molecular formula is C22H24N4O5S. The van der Waals surface area contributed by atoms with Crippen LogP contribution in [0.3, 0.4) is 0 Å². The molecule has 4 rings (SSSR count). The maximum atomic E-state index is 13.2. The number of amides is 1. The Kier molecular flexibility index (Phi) is 6.54. The van der Waals surface area contributed by atoms with Crippen molar-refractivity contribution < 1.29 is 23.2 Å². The molecule has 3 aromatic rings. The molecule has 1 saturated heterocycles. The van der Waals surface area contributed by atoms with Gasteiger partial charge in [0.05, 0.1) is 4.90 Å². The van der Waals surface area contributed by atoms with Crippen LogP contribution in [-0.2, 0) is 14.8 Å². The first-order valence-electron chi connectivity index (χ1n) is 10.3. The largest absolute Gasteiger partial charge is 0.457 e. The lowest BCUT2D eigenvalue weighted by molar-refractivity contribution is -0.133. The Bertz CT molecular complexity index is 1150. The van der Waals surface area contributed by atoms with Gasteiger partial charge in [-0.15, -0.1) is 0 Å². The van der Waals surface area contributed by atoms with Gasteiger partial charge in [0.15, 0.2) is 0 Å². The number of nitrogens with one attached hydrogen (secondary N) is 2. The van der Waals surface area contributed by atoms with E-state index >= 15 is 0 Å². The molecule has 1 amide bonds. The lowest BCUT2D eigenvalue weighted by Crippen LogP contribution is -2.48. The minimum absolute atomic E-state index is 0.0654. The molecule has 1 fully saturated rings. The summed E-state index contributed by atoms with van der Waals surface area (Å²) >= 11 is 0. The van der Waals surface area contributed by atoms with Gasteiger partial charge in [0.25, 0.3) is 5.91 Å². The van der Waals surface area contributed by atoms with Gasteiger partial charge in [-0.05, 0) is 61.4 Å². The molecule has 0 bridgehead atoms. The van der Waals surface area contributed by atoms with Crippen molar-refractivity contribution in [2.45, 2.75) is 36.6 Å². The van der Waals surface area contributed by atoms with Crippen LogP contribution < -0.4 is 10.2 Å². The van der Waals surface area contributed by atoms with E-state index in [0.29, 0.717) is 24.3 Å². The average molecular weight is 457 g/mol.